The summed E-state index contributed by atoms with van der Waals surface area (Å²) in [5.41, 5.74) is 7.10. The highest BCUT2D eigenvalue weighted by Crippen LogP contribution is 2.44. The van der Waals surface area contributed by atoms with Crippen molar-refractivity contribution in [1.82, 2.24) is 4.90 Å². The Balaban J connectivity index is 1.68. The Hall–Kier alpha value is -1.62. The summed E-state index contributed by atoms with van der Waals surface area (Å²) in [6.45, 7) is 6.95. The molecule has 3 rings (SSSR count). The van der Waals surface area contributed by atoms with Crippen LogP contribution in [0.25, 0.3) is 0 Å². The van der Waals surface area contributed by atoms with Gasteiger partial charge < -0.3 is 15.7 Å². The van der Waals surface area contributed by atoms with Crippen molar-refractivity contribution in [1.29, 1.82) is 0 Å². The first-order chi connectivity index (χ1) is 12.9. The zero-order valence-corrected chi connectivity index (χ0v) is 16.6. The number of primary amides is 1. The second-order valence-electron chi connectivity index (χ2n) is 8.57. The summed E-state index contributed by atoms with van der Waals surface area (Å²) < 4.78 is 14.2. The predicted molar refractivity (Wildman–Crippen MR) is 105 cm³/mol. The van der Waals surface area contributed by atoms with Gasteiger partial charge in [0.1, 0.15) is 11.6 Å². The number of amides is 1. The summed E-state index contributed by atoms with van der Waals surface area (Å²) in [6, 6.07) is 2.98. The van der Waals surface area contributed by atoms with Gasteiger partial charge in [-0.3, -0.25) is 4.79 Å². The summed E-state index contributed by atoms with van der Waals surface area (Å²) in [5, 5.41) is 9.92. The smallest absolute Gasteiger partial charge is 0.220 e. The van der Waals surface area contributed by atoms with E-state index in [4.69, 9.17) is 5.73 Å². The molecule has 1 heterocycles. The van der Waals surface area contributed by atoms with Crippen LogP contribution in [0.1, 0.15) is 62.5 Å². The van der Waals surface area contributed by atoms with Gasteiger partial charge in [0.25, 0.3) is 0 Å². The van der Waals surface area contributed by atoms with Crippen LogP contribution >= 0.6 is 0 Å². The molecular weight excluding hydrogens is 343 g/mol. The van der Waals surface area contributed by atoms with E-state index in [0.717, 1.165) is 57.3 Å². The van der Waals surface area contributed by atoms with E-state index in [2.05, 4.69) is 11.8 Å². The second kappa shape index (κ2) is 8.59. The summed E-state index contributed by atoms with van der Waals surface area (Å²) in [7, 11) is 0. The van der Waals surface area contributed by atoms with Gasteiger partial charge >= 0.3 is 0 Å². The molecule has 3 unspecified atom stereocenters. The van der Waals surface area contributed by atoms with Crippen LogP contribution in [0.2, 0.25) is 0 Å². The minimum atomic E-state index is -0.310. The SMILES string of the molecule is CCC1CCC(CN2CCC(C(N)=O)CC2)CC1c1cc(O)cc(F)c1C. The van der Waals surface area contributed by atoms with E-state index < -0.39 is 0 Å². The number of phenols is 1. The maximum Gasteiger partial charge on any atom is 0.220 e. The van der Waals surface area contributed by atoms with E-state index >= 15 is 0 Å². The van der Waals surface area contributed by atoms with Crippen molar-refractivity contribution in [3.05, 3.63) is 29.1 Å². The van der Waals surface area contributed by atoms with Gasteiger partial charge in [0, 0.05) is 18.5 Å². The van der Waals surface area contributed by atoms with Crippen molar-refractivity contribution >= 4 is 5.91 Å². The summed E-state index contributed by atoms with van der Waals surface area (Å²) >= 11 is 0. The summed E-state index contributed by atoms with van der Waals surface area (Å²) in [5.74, 6) is 1.00. The highest BCUT2D eigenvalue weighted by Gasteiger charge is 2.33. The molecule has 1 saturated carbocycles. The average molecular weight is 377 g/mol. The lowest BCUT2D eigenvalue weighted by atomic mass is 9.69. The Kier molecular flexibility index (Phi) is 6.40. The molecule has 0 aromatic heterocycles. The first kappa shape index (κ1) is 20.1. The van der Waals surface area contributed by atoms with E-state index in [1.807, 2.05) is 6.92 Å². The van der Waals surface area contributed by atoms with Crippen molar-refractivity contribution in [3.63, 3.8) is 0 Å². The van der Waals surface area contributed by atoms with Gasteiger partial charge in [-0.25, -0.2) is 4.39 Å². The molecule has 3 atom stereocenters. The van der Waals surface area contributed by atoms with E-state index in [1.54, 1.807) is 6.07 Å². The number of carbonyl (C=O) groups excluding carboxylic acids is 1. The van der Waals surface area contributed by atoms with Crippen LogP contribution in [-0.4, -0.2) is 35.5 Å². The highest BCUT2D eigenvalue weighted by atomic mass is 19.1. The molecular formula is C22H33FN2O2. The molecule has 3 N–H and O–H groups in total. The van der Waals surface area contributed by atoms with E-state index in [9.17, 15) is 14.3 Å². The number of likely N-dealkylation sites (tertiary alicyclic amines) is 1. The van der Waals surface area contributed by atoms with Gasteiger partial charge in [0.05, 0.1) is 0 Å². The van der Waals surface area contributed by atoms with Gasteiger partial charge in [-0.1, -0.05) is 13.3 Å². The van der Waals surface area contributed by atoms with Crippen LogP contribution in [-0.2, 0) is 4.79 Å². The Labute approximate surface area is 161 Å². The third-order valence-corrected chi connectivity index (χ3v) is 6.90. The van der Waals surface area contributed by atoms with Crippen molar-refractivity contribution in [2.75, 3.05) is 19.6 Å². The van der Waals surface area contributed by atoms with Crippen LogP contribution < -0.4 is 5.73 Å². The first-order valence-electron chi connectivity index (χ1n) is 10.4. The molecule has 5 heteroatoms. The third-order valence-electron chi connectivity index (χ3n) is 6.90. The number of hydrogen-bond acceptors (Lipinski definition) is 3. The topological polar surface area (TPSA) is 66.6 Å². The zero-order chi connectivity index (χ0) is 19.6. The van der Waals surface area contributed by atoms with Crippen molar-refractivity contribution in [3.8, 4) is 5.75 Å². The fraction of sp³-hybridized carbons (Fsp3) is 0.682. The van der Waals surface area contributed by atoms with Crippen LogP contribution in [0.5, 0.6) is 5.75 Å². The van der Waals surface area contributed by atoms with E-state index in [-0.39, 0.29) is 23.4 Å². The summed E-state index contributed by atoms with van der Waals surface area (Å²) in [6.07, 6.45) is 6.20. The van der Waals surface area contributed by atoms with Crippen molar-refractivity contribution in [2.45, 2.75) is 58.3 Å². The molecule has 0 spiro atoms. The monoisotopic (exact) mass is 376 g/mol. The molecule has 0 bridgehead atoms. The highest BCUT2D eigenvalue weighted by molar-refractivity contribution is 5.76. The second-order valence-corrected chi connectivity index (χ2v) is 8.57. The third kappa shape index (κ3) is 4.63. The Morgan fingerprint density at radius 1 is 1.26 bits per heavy atom. The largest absolute Gasteiger partial charge is 0.508 e. The molecule has 4 nitrogen and oxygen atoms in total. The quantitative estimate of drug-likeness (QED) is 0.818. The van der Waals surface area contributed by atoms with Gasteiger partial charge in [0.2, 0.25) is 5.91 Å². The molecule has 1 aromatic rings. The van der Waals surface area contributed by atoms with Crippen molar-refractivity contribution < 1.29 is 14.3 Å². The van der Waals surface area contributed by atoms with E-state index in [1.165, 1.54) is 12.5 Å². The lowest BCUT2D eigenvalue weighted by molar-refractivity contribution is -0.123. The van der Waals surface area contributed by atoms with Gasteiger partial charge in [0.15, 0.2) is 0 Å². The van der Waals surface area contributed by atoms with Crippen LogP contribution in [0, 0.1) is 30.5 Å². The number of carbonyl (C=O) groups is 1. The van der Waals surface area contributed by atoms with Crippen molar-refractivity contribution in [2.24, 2.45) is 23.5 Å². The minimum Gasteiger partial charge on any atom is -0.508 e. The average Bonchev–Trinajstić information content (AvgIpc) is 2.65. The maximum atomic E-state index is 14.2. The number of nitrogens with zero attached hydrogens (tertiary/aromatic N) is 1. The Morgan fingerprint density at radius 3 is 2.59 bits per heavy atom. The lowest BCUT2D eigenvalue weighted by Crippen LogP contribution is -2.41. The molecule has 2 fully saturated rings. The van der Waals surface area contributed by atoms with Gasteiger partial charge in [-0.15, -0.1) is 0 Å². The Morgan fingerprint density at radius 2 is 1.96 bits per heavy atom. The minimum absolute atomic E-state index is 0.0265. The molecule has 2 aliphatic rings. The Bertz CT molecular complexity index is 671. The fourth-order valence-electron chi connectivity index (χ4n) is 5.19. The van der Waals surface area contributed by atoms with Gasteiger partial charge in [-0.05, 0) is 87.1 Å². The normalized spacial score (nSPS) is 27.6. The zero-order valence-electron chi connectivity index (χ0n) is 16.6. The number of halogens is 1. The number of piperidine rings is 1. The number of hydrogen-bond donors (Lipinski definition) is 2. The van der Waals surface area contributed by atoms with Crippen LogP contribution in [0.3, 0.4) is 0 Å². The van der Waals surface area contributed by atoms with Crippen LogP contribution in [0.4, 0.5) is 4.39 Å². The molecule has 1 saturated heterocycles. The fourth-order valence-corrected chi connectivity index (χ4v) is 5.19. The maximum absolute atomic E-state index is 14.2. The molecule has 0 radical (unpaired) electrons. The number of rotatable bonds is 5. The van der Waals surface area contributed by atoms with E-state index in [0.29, 0.717) is 23.3 Å². The summed E-state index contributed by atoms with van der Waals surface area (Å²) in [4.78, 5) is 13.8. The molecule has 27 heavy (non-hydrogen) atoms. The van der Waals surface area contributed by atoms with Gasteiger partial charge in [-0.2, -0.15) is 0 Å². The standard InChI is InChI=1S/C22H33FN2O2/c1-3-16-5-4-15(13-25-8-6-17(7-9-25)22(24)27)10-20(16)19-11-18(26)12-21(23)14(19)2/h11-12,15-17,20,26H,3-10,13H2,1-2H3,(H2,24,27). The van der Waals surface area contributed by atoms with Crippen LogP contribution in [0.15, 0.2) is 12.1 Å². The number of phenolic OH excluding ortho intramolecular Hbond substituents is 1. The molecule has 150 valence electrons. The predicted octanol–water partition coefficient (Wildman–Crippen LogP) is 3.95. The number of aromatic hydroxyl groups is 1. The first-order valence-corrected chi connectivity index (χ1v) is 10.4. The number of benzene rings is 1. The molecule has 1 aliphatic heterocycles. The number of nitrogens with two attached hydrogens (primary N) is 1. The molecule has 1 amide bonds. The molecule has 1 aromatic carbocycles. The lowest BCUT2D eigenvalue weighted by Gasteiger charge is -2.40. The molecule has 1 aliphatic carbocycles.